The van der Waals surface area contributed by atoms with Crippen LogP contribution in [0.5, 0.6) is 0 Å². The van der Waals surface area contributed by atoms with Crippen molar-refractivity contribution in [1.29, 1.82) is 0 Å². The molecule has 3 rings (SSSR count). The third-order valence-electron chi connectivity index (χ3n) is 5.94. The third kappa shape index (κ3) is 2.10. The van der Waals surface area contributed by atoms with Gasteiger partial charge in [-0.15, -0.1) is 0 Å². The molecule has 2 N–H and O–H groups in total. The lowest BCUT2D eigenvalue weighted by molar-refractivity contribution is 0.116. The summed E-state index contributed by atoms with van der Waals surface area (Å²) >= 11 is 0. The molecule has 1 heterocycles. The number of nitrogens with one attached hydrogen (secondary N) is 1. The Hall–Kier alpha value is -0.120. The molecule has 1 aliphatic heterocycles. The van der Waals surface area contributed by atoms with Crippen molar-refractivity contribution in [2.24, 2.45) is 5.92 Å². The zero-order valence-corrected chi connectivity index (χ0v) is 11.7. The van der Waals surface area contributed by atoms with Crippen molar-refractivity contribution in [2.75, 3.05) is 20.2 Å². The first-order valence-corrected chi connectivity index (χ1v) is 7.83. The van der Waals surface area contributed by atoms with Crippen LogP contribution >= 0.6 is 0 Å². The number of fused-ring (bicyclic) bond motifs is 1. The summed E-state index contributed by atoms with van der Waals surface area (Å²) in [5.41, 5.74) is 0.0113. The molecule has 0 aromatic carbocycles. The summed E-state index contributed by atoms with van der Waals surface area (Å²) in [6.07, 6.45) is 10.7. The molecule has 4 atom stereocenters. The lowest BCUT2D eigenvalue weighted by Gasteiger charge is -2.36. The molecular formula is C15H28N2O. The molecule has 2 saturated carbocycles. The molecule has 3 fully saturated rings. The number of hydrogen-bond donors (Lipinski definition) is 2. The molecule has 0 amide bonds. The van der Waals surface area contributed by atoms with Gasteiger partial charge in [0.1, 0.15) is 0 Å². The van der Waals surface area contributed by atoms with Crippen LogP contribution in [-0.4, -0.2) is 47.8 Å². The van der Waals surface area contributed by atoms with Crippen LogP contribution in [0.1, 0.15) is 51.4 Å². The van der Waals surface area contributed by atoms with Crippen LogP contribution in [-0.2, 0) is 0 Å². The van der Waals surface area contributed by atoms with Crippen molar-refractivity contribution in [3.05, 3.63) is 0 Å². The highest BCUT2D eigenvalue weighted by molar-refractivity contribution is 5.02. The van der Waals surface area contributed by atoms with Crippen molar-refractivity contribution < 1.29 is 5.11 Å². The van der Waals surface area contributed by atoms with Crippen molar-refractivity contribution in [3.8, 4) is 0 Å². The maximum atomic E-state index is 9.63. The van der Waals surface area contributed by atoms with Gasteiger partial charge in [-0.05, 0) is 58.0 Å². The lowest BCUT2D eigenvalue weighted by Crippen LogP contribution is -2.47. The van der Waals surface area contributed by atoms with Gasteiger partial charge in [0.15, 0.2) is 0 Å². The van der Waals surface area contributed by atoms with Crippen molar-refractivity contribution in [1.82, 2.24) is 10.2 Å². The first kappa shape index (κ1) is 12.9. The van der Waals surface area contributed by atoms with E-state index in [1.807, 2.05) is 7.05 Å². The first-order valence-electron chi connectivity index (χ1n) is 7.83. The van der Waals surface area contributed by atoms with Crippen LogP contribution in [0.25, 0.3) is 0 Å². The van der Waals surface area contributed by atoms with E-state index in [0.29, 0.717) is 6.61 Å². The van der Waals surface area contributed by atoms with Gasteiger partial charge in [-0.3, -0.25) is 4.90 Å². The van der Waals surface area contributed by atoms with Gasteiger partial charge in [0.2, 0.25) is 0 Å². The number of likely N-dealkylation sites (N-methyl/N-ethyl adjacent to an activating group) is 1. The Morgan fingerprint density at radius 3 is 2.78 bits per heavy atom. The molecule has 3 aliphatic rings. The van der Waals surface area contributed by atoms with E-state index in [2.05, 4.69) is 10.2 Å². The van der Waals surface area contributed by atoms with Gasteiger partial charge in [-0.2, -0.15) is 0 Å². The summed E-state index contributed by atoms with van der Waals surface area (Å²) in [6.45, 7) is 1.60. The summed E-state index contributed by atoms with van der Waals surface area (Å²) < 4.78 is 0. The number of nitrogens with zero attached hydrogens (tertiary/aromatic N) is 1. The molecule has 0 spiro atoms. The third-order valence-corrected chi connectivity index (χ3v) is 5.94. The molecule has 3 heteroatoms. The molecule has 4 unspecified atom stereocenters. The number of hydrogen-bond acceptors (Lipinski definition) is 3. The number of likely N-dealkylation sites (tertiary alicyclic amines) is 1. The molecule has 0 radical (unpaired) electrons. The Morgan fingerprint density at radius 2 is 2.06 bits per heavy atom. The fourth-order valence-electron chi connectivity index (χ4n) is 4.73. The van der Waals surface area contributed by atoms with Crippen LogP contribution in [0.15, 0.2) is 0 Å². The maximum Gasteiger partial charge on any atom is 0.0613 e. The van der Waals surface area contributed by atoms with E-state index >= 15 is 0 Å². The Kier molecular flexibility index (Phi) is 3.65. The van der Waals surface area contributed by atoms with E-state index < -0.39 is 0 Å². The molecule has 1 saturated heterocycles. The minimum atomic E-state index is 0.0113. The highest BCUT2D eigenvalue weighted by Crippen LogP contribution is 2.42. The van der Waals surface area contributed by atoms with Crippen LogP contribution in [0.2, 0.25) is 0 Å². The number of aliphatic hydroxyl groups excluding tert-OH is 1. The zero-order valence-electron chi connectivity index (χ0n) is 11.7. The van der Waals surface area contributed by atoms with Gasteiger partial charge in [0, 0.05) is 17.6 Å². The summed E-state index contributed by atoms with van der Waals surface area (Å²) in [4.78, 5) is 2.80. The van der Waals surface area contributed by atoms with Crippen molar-refractivity contribution in [3.63, 3.8) is 0 Å². The highest BCUT2D eigenvalue weighted by atomic mass is 16.3. The second kappa shape index (κ2) is 5.10. The summed E-state index contributed by atoms with van der Waals surface area (Å²) in [6, 6.07) is 1.59. The molecule has 0 aromatic heterocycles. The Bertz CT molecular complexity index is 290. The van der Waals surface area contributed by atoms with E-state index in [1.165, 1.54) is 45.1 Å². The second-order valence-electron chi connectivity index (χ2n) is 6.72. The van der Waals surface area contributed by atoms with Gasteiger partial charge < -0.3 is 10.4 Å². The Morgan fingerprint density at radius 1 is 1.22 bits per heavy atom. The largest absolute Gasteiger partial charge is 0.394 e. The average molecular weight is 252 g/mol. The normalized spacial score (nSPS) is 45.3. The molecule has 18 heavy (non-hydrogen) atoms. The summed E-state index contributed by atoms with van der Waals surface area (Å²) in [7, 11) is 2.01. The van der Waals surface area contributed by atoms with Gasteiger partial charge in [0.25, 0.3) is 0 Å². The smallest absolute Gasteiger partial charge is 0.0613 e. The lowest BCUT2D eigenvalue weighted by atomic mass is 9.85. The Balaban J connectivity index is 1.66. The monoisotopic (exact) mass is 252 g/mol. The molecular weight excluding hydrogens is 224 g/mol. The van der Waals surface area contributed by atoms with E-state index in [0.717, 1.165) is 30.8 Å². The van der Waals surface area contributed by atoms with Crippen LogP contribution in [0.4, 0.5) is 0 Å². The van der Waals surface area contributed by atoms with E-state index in [4.69, 9.17) is 0 Å². The summed E-state index contributed by atoms with van der Waals surface area (Å²) in [5.74, 6) is 0.984. The zero-order chi connectivity index (χ0) is 12.6. The molecule has 0 bridgehead atoms. The molecule has 3 nitrogen and oxygen atoms in total. The van der Waals surface area contributed by atoms with E-state index in [9.17, 15) is 5.11 Å². The predicted molar refractivity (Wildman–Crippen MR) is 73.6 cm³/mol. The second-order valence-corrected chi connectivity index (χ2v) is 6.72. The average Bonchev–Trinajstić information content (AvgIpc) is 3.03. The minimum absolute atomic E-state index is 0.0113. The molecule has 104 valence electrons. The van der Waals surface area contributed by atoms with Crippen LogP contribution < -0.4 is 5.32 Å². The SMILES string of the molecule is CNC1(CO)CCC(N2CCC3CCCCC32)C1. The van der Waals surface area contributed by atoms with Gasteiger partial charge >= 0.3 is 0 Å². The maximum absolute atomic E-state index is 9.63. The van der Waals surface area contributed by atoms with E-state index in [-0.39, 0.29) is 5.54 Å². The standard InChI is InChI=1S/C15H28N2O/c1-16-15(11-18)8-6-13(10-15)17-9-7-12-4-2-3-5-14(12)17/h12-14,16,18H,2-11H2,1H3. The molecule has 2 aliphatic carbocycles. The topological polar surface area (TPSA) is 35.5 Å². The first-order chi connectivity index (χ1) is 8.78. The number of rotatable bonds is 3. The minimum Gasteiger partial charge on any atom is -0.394 e. The van der Waals surface area contributed by atoms with E-state index in [1.54, 1.807) is 0 Å². The van der Waals surface area contributed by atoms with Crippen LogP contribution in [0.3, 0.4) is 0 Å². The predicted octanol–water partition coefficient (Wildman–Crippen LogP) is 1.75. The van der Waals surface area contributed by atoms with Gasteiger partial charge in [-0.25, -0.2) is 0 Å². The van der Waals surface area contributed by atoms with Crippen LogP contribution in [0, 0.1) is 5.92 Å². The van der Waals surface area contributed by atoms with Gasteiger partial charge in [0.05, 0.1) is 6.61 Å². The fraction of sp³-hybridized carbons (Fsp3) is 1.00. The fourth-order valence-corrected chi connectivity index (χ4v) is 4.73. The molecule has 0 aromatic rings. The highest BCUT2D eigenvalue weighted by Gasteiger charge is 2.45. The van der Waals surface area contributed by atoms with Gasteiger partial charge in [-0.1, -0.05) is 12.8 Å². The summed E-state index contributed by atoms with van der Waals surface area (Å²) in [5, 5.41) is 13.0. The number of aliphatic hydroxyl groups is 1. The quantitative estimate of drug-likeness (QED) is 0.803. The van der Waals surface area contributed by atoms with Crippen molar-refractivity contribution >= 4 is 0 Å². The van der Waals surface area contributed by atoms with Crippen molar-refractivity contribution in [2.45, 2.75) is 69.0 Å². The Labute approximate surface area is 111 Å².